The lowest BCUT2D eigenvalue weighted by Crippen LogP contribution is -2.33. The van der Waals surface area contributed by atoms with Gasteiger partial charge in [-0.25, -0.2) is 9.59 Å². The van der Waals surface area contributed by atoms with Crippen LogP contribution in [0.15, 0.2) is 14.3 Å². The summed E-state index contributed by atoms with van der Waals surface area (Å²) in [6.45, 7) is 2.07. The number of nitrogens with zero attached hydrogens (tertiary/aromatic N) is 1. The molecular weight excluding hydrogens is 414 g/mol. The van der Waals surface area contributed by atoms with Crippen molar-refractivity contribution in [1.82, 2.24) is 5.27 Å². The Kier molecular flexibility index (Phi) is 7.54. The average Bonchev–Trinajstić information content (AvgIpc) is 3.15. The maximum Gasteiger partial charge on any atom is 0.441 e. The topological polar surface area (TPSA) is 105 Å². The second-order valence-corrected chi connectivity index (χ2v) is 9.02. The number of H-pyrrole nitrogens is 1. The number of thiophene rings is 1. The van der Waals surface area contributed by atoms with E-state index in [0.29, 0.717) is 28.0 Å². The zero-order valence-corrected chi connectivity index (χ0v) is 18.3. The average molecular weight is 441 g/mol. The van der Waals surface area contributed by atoms with Gasteiger partial charge in [0.2, 0.25) is 5.91 Å². The standard InChI is InChI=1S/C19H25N3O5S2/c1-3-26-18(24)15-12-8-6-4-5-7-9-13(12)29-16(15)20-14(23)10-11-28-17-19(25)27-21-22(17)2/h3-11H2,1-2H3,(H-,20,21,23,24,25)/p+1. The van der Waals surface area contributed by atoms with Crippen molar-refractivity contribution in [2.75, 3.05) is 17.7 Å². The summed E-state index contributed by atoms with van der Waals surface area (Å²) in [7, 11) is 1.67. The number of amides is 1. The number of esters is 1. The number of fused-ring (bicyclic) bond motifs is 1. The van der Waals surface area contributed by atoms with Gasteiger partial charge in [0.1, 0.15) is 5.00 Å². The summed E-state index contributed by atoms with van der Waals surface area (Å²) in [6.07, 6.45) is 6.45. The predicted molar refractivity (Wildman–Crippen MR) is 111 cm³/mol. The Labute approximate surface area is 177 Å². The number of aromatic nitrogens is 2. The number of carbonyl (C=O) groups excluding carboxylic acids is 2. The van der Waals surface area contributed by atoms with Crippen LogP contribution < -0.4 is 15.6 Å². The number of aromatic amines is 1. The summed E-state index contributed by atoms with van der Waals surface area (Å²) >= 11 is 2.74. The van der Waals surface area contributed by atoms with Crippen molar-refractivity contribution < 1.29 is 23.5 Å². The second-order valence-electron chi connectivity index (χ2n) is 6.83. The van der Waals surface area contributed by atoms with E-state index in [1.54, 1.807) is 14.0 Å². The molecule has 0 atom stereocenters. The van der Waals surface area contributed by atoms with E-state index in [4.69, 9.17) is 9.26 Å². The molecule has 0 bridgehead atoms. The molecule has 2 aromatic rings. The van der Waals surface area contributed by atoms with Crippen LogP contribution in [0, 0.1) is 0 Å². The van der Waals surface area contributed by atoms with E-state index in [1.165, 1.54) is 39.1 Å². The molecule has 2 N–H and O–H groups in total. The van der Waals surface area contributed by atoms with Crippen molar-refractivity contribution in [3.8, 4) is 0 Å². The highest BCUT2D eigenvalue weighted by molar-refractivity contribution is 7.99. The number of rotatable bonds is 7. The van der Waals surface area contributed by atoms with Crippen molar-refractivity contribution in [2.45, 2.75) is 56.9 Å². The smallest absolute Gasteiger partial charge is 0.441 e. The number of carbonyl (C=O) groups is 2. The molecule has 8 nitrogen and oxygen atoms in total. The van der Waals surface area contributed by atoms with Crippen LogP contribution in [-0.4, -0.2) is 29.5 Å². The SMILES string of the molecule is CCOC(=O)c1c(NC(=O)CCSc2c(=O)o[nH][n+]2C)sc2c1CCCCCC2. The van der Waals surface area contributed by atoms with Gasteiger partial charge in [0, 0.05) is 17.1 Å². The number of aryl methyl sites for hydroxylation is 2. The Hall–Kier alpha value is -2.07. The molecule has 0 aliphatic heterocycles. The van der Waals surface area contributed by atoms with Crippen LogP contribution in [0.25, 0.3) is 0 Å². The zero-order chi connectivity index (χ0) is 20.8. The van der Waals surface area contributed by atoms with Crippen molar-refractivity contribution in [1.29, 1.82) is 0 Å². The molecular formula is C19H26N3O5S2+. The van der Waals surface area contributed by atoms with Gasteiger partial charge < -0.3 is 10.1 Å². The van der Waals surface area contributed by atoms with Crippen molar-refractivity contribution in [3.63, 3.8) is 0 Å². The summed E-state index contributed by atoms with van der Waals surface area (Å²) in [5.74, 6) is -0.144. The lowest BCUT2D eigenvalue weighted by atomic mass is 9.96. The summed E-state index contributed by atoms with van der Waals surface area (Å²) < 4.78 is 11.4. The van der Waals surface area contributed by atoms with E-state index in [2.05, 4.69) is 10.6 Å². The first-order chi connectivity index (χ1) is 14.0. The highest BCUT2D eigenvalue weighted by atomic mass is 32.2. The first-order valence-corrected chi connectivity index (χ1v) is 11.6. The van der Waals surface area contributed by atoms with Gasteiger partial charge in [-0.2, -0.15) is 0 Å². The predicted octanol–water partition coefficient (Wildman–Crippen LogP) is 2.81. The number of nitrogens with one attached hydrogen (secondary N) is 2. The van der Waals surface area contributed by atoms with E-state index in [0.717, 1.165) is 37.7 Å². The summed E-state index contributed by atoms with van der Waals surface area (Å²) in [5, 5.41) is 6.34. The minimum atomic E-state index is -0.458. The van der Waals surface area contributed by atoms with Crippen LogP contribution in [0.2, 0.25) is 0 Å². The Balaban J connectivity index is 1.71. The van der Waals surface area contributed by atoms with Gasteiger partial charge in [0.25, 0.3) is 0 Å². The molecule has 0 unspecified atom stereocenters. The number of thioether (sulfide) groups is 1. The fourth-order valence-electron chi connectivity index (χ4n) is 3.34. The summed E-state index contributed by atoms with van der Waals surface area (Å²) in [6, 6.07) is 0. The maximum absolute atomic E-state index is 12.6. The monoisotopic (exact) mass is 440 g/mol. The maximum atomic E-state index is 12.6. The third-order valence-electron chi connectivity index (χ3n) is 4.73. The molecule has 2 heterocycles. The first-order valence-electron chi connectivity index (χ1n) is 9.83. The van der Waals surface area contributed by atoms with Crippen LogP contribution in [0.5, 0.6) is 0 Å². The van der Waals surface area contributed by atoms with E-state index < -0.39 is 5.63 Å². The van der Waals surface area contributed by atoms with Crippen LogP contribution in [0.3, 0.4) is 0 Å². The van der Waals surface area contributed by atoms with Crippen molar-refractivity contribution >= 4 is 40.0 Å². The number of ether oxygens (including phenoxy) is 1. The molecule has 0 saturated heterocycles. The van der Waals surface area contributed by atoms with Gasteiger partial charge in [-0.1, -0.05) is 17.5 Å². The summed E-state index contributed by atoms with van der Waals surface area (Å²) in [5.41, 5.74) is 1.10. The molecule has 1 aliphatic rings. The second kappa shape index (κ2) is 10.1. The van der Waals surface area contributed by atoms with Crippen LogP contribution in [0.1, 0.15) is 59.8 Å². The number of hydrogen-bond acceptors (Lipinski definition) is 7. The third kappa shape index (κ3) is 5.30. The van der Waals surface area contributed by atoms with Gasteiger partial charge >= 0.3 is 16.6 Å². The minimum absolute atomic E-state index is 0.195. The fraction of sp³-hybridized carbons (Fsp3) is 0.579. The van der Waals surface area contributed by atoms with Crippen LogP contribution >= 0.6 is 23.1 Å². The molecule has 10 heteroatoms. The molecule has 2 aromatic heterocycles. The molecule has 0 aromatic carbocycles. The molecule has 158 valence electrons. The van der Waals surface area contributed by atoms with Gasteiger partial charge in [0.15, 0.2) is 7.05 Å². The van der Waals surface area contributed by atoms with E-state index in [9.17, 15) is 14.4 Å². The zero-order valence-electron chi connectivity index (χ0n) is 16.7. The minimum Gasteiger partial charge on any atom is -0.462 e. The van der Waals surface area contributed by atoms with Crippen molar-refractivity contribution in [2.24, 2.45) is 7.05 Å². The molecule has 0 saturated carbocycles. The highest BCUT2D eigenvalue weighted by Gasteiger charge is 2.26. The van der Waals surface area contributed by atoms with Crippen molar-refractivity contribution in [3.05, 3.63) is 26.4 Å². The molecule has 3 rings (SSSR count). The van der Waals surface area contributed by atoms with Gasteiger partial charge in [-0.05, 0) is 55.2 Å². The fourth-order valence-corrected chi connectivity index (χ4v) is 5.51. The van der Waals surface area contributed by atoms with E-state index >= 15 is 0 Å². The van der Waals surface area contributed by atoms with E-state index in [1.807, 2.05) is 0 Å². The highest BCUT2D eigenvalue weighted by Crippen LogP contribution is 2.37. The lowest BCUT2D eigenvalue weighted by Gasteiger charge is -2.11. The first kappa shape index (κ1) is 21.6. The normalized spacial score (nSPS) is 14.0. The molecule has 1 amide bonds. The third-order valence-corrected chi connectivity index (χ3v) is 7.06. The summed E-state index contributed by atoms with van der Waals surface area (Å²) in [4.78, 5) is 37.8. The van der Waals surface area contributed by atoms with Crippen LogP contribution in [0.4, 0.5) is 5.00 Å². The lowest BCUT2D eigenvalue weighted by molar-refractivity contribution is -0.772. The van der Waals surface area contributed by atoms with Gasteiger partial charge in [-0.15, -0.1) is 11.3 Å². The Morgan fingerprint density at radius 2 is 2.03 bits per heavy atom. The van der Waals surface area contributed by atoms with Gasteiger partial charge in [0.05, 0.1) is 12.2 Å². The molecule has 0 radical (unpaired) electrons. The number of hydrogen-bond donors (Lipinski definition) is 2. The molecule has 0 fully saturated rings. The molecule has 0 spiro atoms. The van der Waals surface area contributed by atoms with E-state index in [-0.39, 0.29) is 18.3 Å². The van der Waals surface area contributed by atoms with Crippen LogP contribution in [-0.2, 0) is 29.4 Å². The Bertz CT molecular complexity index is 931. The quantitative estimate of drug-likeness (QED) is 0.390. The Morgan fingerprint density at radius 3 is 2.72 bits per heavy atom. The number of anilines is 1. The molecule has 29 heavy (non-hydrogen) atoms. The van der Waals surface area contributed by atoms with Gasteiger partial charge in [-0.3, -0.25) is 9.32 Å². The largest absolute Gasteiger partial charge is 0.462 e. The Morgan fingerprint density at radius 1 is 1.28 bits per heavy atom. The molecule has 1 aliphatic carbocycles.